The molecule has 0 amide bonds. The van der Waals surface area contributed by atoms with Gasteiger partial charge in [-0.1, -0.05) is 6.92 Å². The fourth-order valence-electron chi connectivity index (χ4n) is 1.28. The highest BCUT2D eigenvalue weighted by molar-refractivity contribution is 7.99. The molecule has 1 aromatic heterocycles. The number of rotatable bonds is 6. The van der Waals surface area contributed by atoms with Gasteiger partial charge in [-0.3, -0.25) is 4.90 Å². The van der Waals surface area contributed by atoms with E-state index in [9.17, 15) is 0 Å². The third-order valence-corrected chi connectivity index (χ3v) is 4.60. The average Bonchev–Trinajstić information content (AvgIpc) is 2.61. The van der Waals surface area contributed by atoms with Crippen LogP contribution in [0.4, 0.5) is 0 Å². The van der Waals surface area contributed by atoms with Gasteiger partial charge < -0.3 is 0 Å². The molecule has 0 radical (unpaired) electrons. The largest absolute Gasteiger partial charge is 0.298 e. The molecule has 1 rings (SSSR count). The van der Waals surface area contributed by atoms with Crippen molar-refractivity contribution in [2.24, 2.45) is 0 Å². The van der Waals surface area contributed by atoms with Crippen LogP contribution in [0.5, 0.6) is 0 Å². The molecule has 0 aromatic carbocycles. The zero-order chi connectivity index (χ0) is 11.3. The Bertz CT molecular complexity index is 286. The minimum absolute atomic E-state index is 0.636. The van der Waals surface area contributed by atoms with E-state index < -0.39 is 0 Å². The van der Waals surface area contributed by atoms with E-state index in [0.717, 1.165) is 6.54 Å². The highest BCUT2D eigenvalue weighted by Crippen LogP contribution is 2.16. The quantitative estimate of drug-likeness (QED) is 0.765. The van der Waals surface area contributed by atoms with E-state index in [1.54, 1.807) is 11.3 Å². The predicted octanol–water partition coefficient (Wildman–Crippen LogP) is 3.02. The minimum atomic E-state index is 0.636. The second-order valence-electron chi connectivity index (χ2n) is 3.78. The van der Waals surface area contributed by atoms with Gasteiger partial charge in [0.05, 0.1) is 11.2 Å². The topological polar surface area (TPSA) is 16.1 Å². The van der Waals surface area contributed by atoms with Gasteiger partial charge in [0.15, 0.2) is 0 Å². The van der Waals surface area contributed by atoms with Gasteiger partial charge >= 0.3 is 0 Å². The van der Waals surface area contributed by atoms with E-state index in [1.165, 1.54) is 22.1 Å². The summed E-state index contributed by atoms with van der Waals surface area (Å²) in [6, 6.07) is 0.636. The molecule has 0 spiro atoms. The van der Waals surface area contributed by atoms with E-state index in [-0.39, 0.29) is 0 Å². The number of aryl methyl sites for hydroxylation is 1. The first-order valence-corrected chi connectivity index (χ1v) is 7.35. The Hall–Kier alpha value is -0.0600. The summed E-state index contributed by atoms with van der Waals surface area (Å²) in [5.41, 5.74) is 3.12. The van der Waals surface area contributed by atoms with Crippen molar-refractivity contribution in [2.75, 3.05) is 18.6 Å². The van der Waals surface area contributed by atoms with Crippen molar-refractivity contribution in [1.82, 2.24) is 9.88 Å². The Morgan fingerprint density at radius 3 is 2.87 bits per heavy atom. The molecular weight excluding hydrogens is 224 g/mol. The number of thioether (sulfide) groups is 1. The predicted molar refractivity (Wildman–Crippen MR) is 70.8 cm³/mol. The molecule has 0 aliphatic heterocycles. The fourth-order valence-corrected chi connectivity index (χ4v) is 2.95. The molecule has 2 nitrogen and oxygen atoms in total. The molecule has 1 atom stereocenters. The van der Waals surface area contributed by atoms with Crippen molar-refractivity contribution >= 4 is 23.1 Å². The summed E-state index contributed by atoms with van der Waals surface area (Å²) >= 11 is 3.77. The Kier molecular flexibility index (Phi) is 5.64. The zero-order valence-electron chi connectivity index (χ0n) is 9.99. The number of thiazole rings is 1. The van der Waals surface area contributed by atoms with Gasteiger partial charge in [-0.25, -0.2) is 4.98 Å². The monoisotopic (exact) mass is 244 g/mol. The van der Waals surface area contributed by atoms with E-state index in [1.807, 2.05) is 17.3 Å². The number of nitrogens with zero attached hydrogens (tertiary/aromatic N) is 2. The highest BCUT2D eigenvalue weighted by Gasteiger charge is 2.11. The molecule has 86 valence electrons. The summed E-state index contributed by atoms with van der Waals surface area (Å²) in [5.74, 6) is 2.42. The summed E-state index contributed by atoms with van der Waals surface area (Å²) in [6.45, 7) is 7.62. The number of hydrogen-bond acceptors (Lipinski definition) is 4. The van der Waals surface area contributed by atoms with Crippen LogP contribution in [0.25, 0.3) is 0 Å². The van der Waals surface area contributed by atoms with E-state index in [0.29, 0.717) is 6.04 Å². The Morgan fingerprint density at radius 1 is 1.60 bits per heavy atom. The first-order valence-electron chi connectivity index (χ1n) is 5.32. The minimum Gasteiger partial charge on any atom is -0.298 e. The van der Waals surface area contributed by atoms with Crippen LogP contribution in [-0.2, 0) is 6.54 Å². The van der Waals surface area contributed by atoms with Crippen molar-refractivity contribution in [3.8, 4) is 0 Å². The van der Waals surface area contributed by atoms with Crippen LogP contribution in [0.1, 0.15) is 24.4 Å². The summed E-state index contributed by atoms with van der Waals surface area (Å²) in [5, 5.41) is 0. The van der Waals surface area contributed by atoms with Crippen LogP contribution in [0.15, 0.2) is 5.51 Å². The second kappa shape index (κ2) is 6.51. The molecule has 0 saturated heterocycles. The highest BCUT2D eigenvalue weighted by atomic mass is 32.2. The van der Waals surface area contributed by atoms with Gasteiger partial charge in [0.1, 0.15) is 0 Å². The lowest BCUT2D eigenvalue weighted by Gasteiger charge is -2.23. The SMILES string of the molecule is CCSC[C@H](C)N(C)Cc1scnc1C. The van der Waals surface area contributed by atoms with Gasteiger partial charge in [0.2, 0.25) is 0 Å². The first kappa shape index (κ1) is 13.0. The van der Waals surface area contributed by atoms with Crippen LogP contribution in [0.3, 0.4) is 0 Å². The molecule has 0 saturated carbocycles. The standard InChI is InChI=1S/C11H20N2S2/c1-5-14-7-9(2)13(4)6-11-10(3)12-8-15-11/h8-9H,5-7H2,1-4H3/t9-/m0/s1. The molecule has 15 heavy (non-hydrogen) atoms. The summed E-state index contributed by atoms with van der Waals surface area (Å²) in [6.07, 6.45) is 0. The lowest BCUT2D eigenvalue weighted by Crippen LogP contribution is -2.30. The zero-order valence-corrected chi connectivity index (χ0v) is 11.6. The van der Waals surface area contributed by atoms with Gasteiger partial charge in [-0.05, 0) is 26.6 Å². The van der Waals surface area contributed by atoms with E-state index >= 15 is 0 Å². The smallest absolute Gasteiger partial charge is 0.0798 e. The third kappa shape index (κ3) is 4.13. The van der Waals surface area contributed by atoms with E-state index in [4.69, 9.17) is 0 Å². The maximum atomic E-state index is 4.28. The van der Waals surface area contributed by atoms with Gasteiger partial charge in [0, 0.05) is 23.2 Å². The Labute approximate surface area is 101 Å². The van der Waals surface area contributed by atoms with Crippen LogP contribution in [0.2, 0.25) is 0 Å². The van der Waals surface area contributed by atoms with Crippen molar-refractivity contribution < 1.29 is 0 Å². The van der Waals surface area contributed by atoms with Gasteiger partial charge in [-0.15, -0.1) is 11.3 Å². The molecule has 0 bridgehead atoms. The van der Waals surface area contributed by atoms with Crippen molar-refractivity contribution in [3.05, 3.63) is 16.1 Å². The van der Waals surface area contributed by atoms with Crippen LogP contribution < -0.4 is 0 Å². The normalized spacial score (nSPS) is 13.4. The number of hydrogen-bond donors (Lipinski definition) is 0. The molecule has 1 heterocycles. The van der Waals surface area contributed by atoms with Crippen LogP contribution >= 0.6 is 23.1 Å². The third-order valence-electron chi connectivity index (χ3n) is 2.55. The maximum absolute atomic E-state index is 4.28. The van der Waals surface area contributed by atoms with Crippen LogP contribution in [-0.4, -0.2) is 34.5 Å². The summed E-state index contributed by atoms with van der Waals surface area (Å²) < 4.78 is 0. The lowest BCUT2D eigenvalue weighted by molar-refractivity contribution is 0.271. The lowest BCUT2D eigenvalue weighted by atomic mass is 10.3. The Morgan fingerprint density at radius 2 is 2.33 bits per heavy atom. The molecule has 0 aliphatic carbocycles. The van der Waals surface area contributed by atoms with E-state index in [2.05, 4.69) is 37.7 Å². The molecule has 0 N–H and O–H groups in total. The summed E-state index contributed by atoms with van der Waals surface area (Å²) in [4.78, 5) is 8.08. The molecule has 1 aromatic rings. The average molecular weight is 244 g/mol. The molecule has 0 aliphatic rings. The number of aromatic nitrogens is 1. The maximum Gasteiger partial charge on any atom is 0.0798 e. The second-order valence-corrected chi connectivity index (χ2v) is 6.04. The molecule has 0 unspecified atom stereocenters. The van der Waals surface area contributed by atoms with Crippen molar-refractivity contribution in [2.45, 2.75) is 33.4 Å². The first-order chi connectivity index (χ1) is 7.15. The molecular formula is C11H20N2S2. The molecule has 0 fully saturated rings. The van der Waals surface area contributed by atoms with Crippen molar-refractivity contribution in [3.63, 3.8) is 0 Å². The van der Waals surface area contributed by atoms with Crippen molar-refractivity contribution in [1.29, 1.82) is 0 Å². The van der Waals surface area contributed by atoms with Crippen LogP contribution in [0, 0.1) is 6.92 Å². The fraction of sp³-hybridized carbons (Fsp3) is 0.727. The van der Waals surface area contributed by atoms with Gasteiger partial charge in [-0.2, -0.15) is 11.8 Å². The summed E-state index contributed by atoms with van der Waals surface area (Å²) in [7, 11) is 2.19. The Balaban J connectivity index is 2.41. The van der Waals surface area contributed by atoms with Gasteiger partial charge in [0.25, 0.3) is 0 Å². The molecule has 4 heteroatoms.